The first-order chi connectivity index (χ1) is 9.38. The number of aliphatic carboxylic acids is 1. The van der Waals surface area contributed by atoms with Crippen LogP contribution in [0, 0.1) is 6.92 Å². The molecule has 0 fully saturated rings. The van der Waals surface area contributed by atoms with Crippen molar-refractivity contribution in [2.45, 2.75) is 25.9 Å². The molecule has 0 aromatic heterocycles. The predicted molar refractivity (Wildman–Crippen MR) is 71.8 cm³/mol. The van der Waals surface area contributed by atoms with Gasteiger partial charge in [0, 0.05) is 6.54 Å². The highest BCUT2D eigenvalue weighted by Gasteiger charge is 2.21. The van der Waals surface area contributed by atoms with Crippen molar-refractivity contribution in [3.05, 3.63) is 35.4 Å². The summed E-state index contributed by atoms with van der Waals surface area (Å²) < 4.78 is 0. The largest absolute Gasteiger partial charge is 0.480 e. The van der Waals surface area contributed by atoms with Crippen LogP contribution in [0.2, 0.25) is 0 Å². The van der Waals surface area contributed by atoms with Gasteiger partial charge in [-0.2, -0.15) is 0 Å². The first-order valence-electron chi connectivity index (χ1n) is 5.99. The molecular formula is C13H17N3O4. The smallest absolute Gasteiger partial charge is 0.326 e. The number of nitrogens with two attached hydrogens (primary N) is 1. The van der Waals surface area contributed by atoms with Crippen molar-refractivity contribution in [3.8, 4) is 0 Å². The van der Waals surface area contributed by atoms with Gasteiger partial charge in [-0.05, 0) is 12.5 Å². The summed E-state index contributed by atoms with van der Waals surface area (Å²) in [5.74, 6) is -2.11. The van der Waals surface area contributed by atoms with Crippen LogP contribution in [0.4, 0.5) is 4.79 Å². The van der Waals surface area contributed by atoms with Crippen molar-refractivity contribution in [1.29, 1.82) is 0 Å². The minimum Gasteiger partial charge on any atom is -0.480 e. The molecule has 1 rings (SSSR count). The van der Waals surface area contributed by atoms with E-state index in [1.807, 2.05) is 31.2 Å². The second kappa shape index (κ2) is 7.13. The summed E-state index contributed by atoms with van der Waals surface area (Å²) in [6.45, 7) is 2.19. The predicted octanol–water partition coefficient (Wildman–Crippen LogP) is 0.123. The number of hydrogen-bond acceptors (Lipinski definition) is 3. The van der Waals surface area contributed by atoms with Gasteiger partial charge in [0.15, 0.2) is 0 Å². The van der Waals surface area contributed by atoms with E-state index < -0.39 is 30.4 Å². The quantitative estimate of drug-likeness (QED) is 0.591. The zero-order chi connectivity index (χ0) is 15.1. The number of primary amides is 1. The van der Waals surface area contributed by atoms with E-state index in [0.717, 1.165) is 11.1 Å². The lowest BCUT2D eigenvalue weighted by atomic mass is 10.1. The number of nitrogens with one attached hydrogen (secondary N) is 2. The Morgan fingerprint density at radius 2 is 2.05 bits per heavy atom. The molecule has 7 heteroatoms. The molecule has 3 amide bonds. The van der Waals surface area contributed by atoms with E-state index in [-0.39, 0.29) is 6.54 Å². The third-order valence-electron chi connectivity index (χ3n) is 2.54. The van der Waals surface area contributed by atoms with Crippen LogP contribution in [-0.4, -0.2) is 29.1 Å². The van der Waals surface area contributed by atoms with Gasteiger partial charge < -0.3 is 21.5 Å². The van der Waals surface area contributed by atoms with Crippen LogP contribution in [0.5, 0.6) is 0 Å². The molecule has 0 aliphatic carbocycles. The minimum absolute atomic E-state index is 0.260. The van der Waals surface area contributed by atoms with E-state index in [9.17, 15) is 14.4 Å². The third kappa shape index (κ3) is 5.38. The van der Waals surface area contributed by atoms with E-state index in [0.29, 0.717) is 0 Å². The first kappa shape index (κ1) is 15.5. The number of amides is 3. The molecule has 0 spiro atoms. The van der Waals surface area contributed by atoms with Crippen LogP contribution in [0.15, 0.2) is 24.3 Å². The van der Waals surface area contributed by atoms with Crippen molar-refractivity contribution in [1.82, 2.24) is 10.6 Å². The van der Waals surface area contributed by atoms with E-state index in [4.69, 9.17) is 10.8 Å². The maximum absolute atomic E-state index is 11.6. The standard InChI is InChI=1S/C13H17N3O4/c1-8-3-2-4-9(5-8)7-15-13(20)16-10(12(18)19)6-11(14)17/h2-5,10H,6-7H2,1H3,(H2,14,17)(H,18,19)(H2,15,16,20). The maximum atomic E-state index is 11.6. The van der Waals surface area contributed by atoms with Gasteiger partial charge in [-0.25, -0.2) is 9.59 Å². The third-order valence-corrected chi connectivity index (χ3v) is 2.54. The van der Waals surface area contributed by atoms with Gasteiger partial charge in [-0.3, -0.25) is 4.79 Å². The fourth-order valence-electron chi connectivity index (χ4n) is 1.61. The van der Waals surface area contributed by atoms with Crippen LogP contribution in [-0.2, 0) is 16.1 Å². The highest BCUT2D eigenvalue weighted by atomic mass is 16.4. The number of carboxylic acid groups (broad SMARTS) is 1. The molecule has 0 saturated heterocycles. The van der Waals surface area contributed by atoms with Crippen molar-refractivity contribution in [2.24, 2.45) is 5.73 Å². The van der Waals surface area contributed by atoms with E-state index in [1.54, 1.807) is 0 Å². The molecule has 0 aliphatic heterocycles. The molecule has 0 bridgehead atoms. The Morgan fingerprint density at radius 1 is 1.35 bits per heavy atom. The number of carbonyl (C=O) groups is 3. The molecule has 1 unspecified atom stereocenters. The molecule has 0 saturated carbocycles. The number of carbonyl (C=O) groups excluding carboxylic acids is 2. The van der Waals surface area contributed by atoms with Crippen LogP contribution in [0.1, 0.15) is 17.5 Å². The highest BCUT2D eigenvalue weighted by Crippen LogP contribution is 2.03. The van der Waals surface area contributed by atoms with E-state index in [2.05, 4.69) is 10.6 Å². The van der Waals surface area contributed by atoms with Gasteiger partial charge in [0.25, 0.3) is 0 Å². The summed E-state index contributed by atoms with van der Waals surface area (Å²) in [5.41, 5.74) is 6.86. The molecular weight excluding hydrogens is 262 g/mol. The first-order valence-corrected chi connectivity index (χ1v) is 5.99. The summed E-state index contributed by atoms with van der Waals surface area (Å²) in [5, 5.41) is 13.5. The van der Waals surface area contributed by atoms with Crippen molar-refractivity contribution >= 4 is 17.9 Å². The molecule has 0 radical (unpaired) electrons. The summed E-state index contributed by atoms with van der Waals surface area (Å²) in [7, 11) is 0. The average molecular weight is 279 g/mol. The molecule has 5 N–H and O–H groups in total. The Hall–Kier alpha value is -2.57. The number of benzene rings is 1. The molecule has 0 heterocycles. The number of hydrogen-bond donors (Lipinski definition) is 4. The molecule has 0 aliphatic rings. The number of carboxylic acids is 1. The SMILES string of the molecule is Cc1cccc(CNC(=O)NC(CC(N)=O)C(=O)O)c1. The fraction of sp³-hybridized carbons (Fsp3) is 0.308. The van der Waals surface area contributed by atoms with Gasteiger partial charge in [-0.15, -0.1) is 0 Å². The Labute approximate surface area is 116 Å². The molecule has 20 heavy (non-hydrogen) atoms. The number of aryl methyl sites for hydroxylation is 1. The van der Waals surface area contributed by atoms with Gasteiger partial charge in [-0.1, -0.05) is 29.8 Å². The van der Waals surface area contributed by atoms with Gasteiger partial charge in [0.1, 0.15) is 6.04 Å². The monoisotopic (exact) mass is 279 g/mol. The van der Waals surface area contributed by atoms with Gasteiger partial charge in [0.2, 0.25) is 5.91 Å². The van der Waals surface area contributed by atoms with Crippen molar-refractivity contribution < 1.29 is 19.5 Å². The number of urea groups is 1. The molecule has 108 valence electrons. The second-order valence-corrected chi connectivity index (χ2v) is 4.38. The van der Waals surface area contributed by atoms with Crippen LogP contribution in [0.3, 0.4) is 0 Å². The van der Waals surface area contributed by atoms with Crippen molar-refractivity contribution in [2.75, 3.05) is 0 Å². The normalized spacial score (nSPS) is 11.4. The molecule has 7 nitrogen and oxygen atoms in total. The number of rotatable bonds is 6. The Bertz CT molecular complexity index is 516. The molecule has 1 atom stereocenters. The lowest BCUT2D eigenvalue weighted by Crippen LogP contribution is -2.47. The highest BCUT2D eigenvalue weighted by molar-refractivity contribution is 5.87. The molecule has 1 aromatic carbocycles. The zero-order valence-corrected chi connectivity index (χ0v) is 11.1. The Kier molecular flexibility index (Phi) is 5.52. The molecule has 1 aromatic rings. The summed E-state index contributed by atoms with van der Waals surface area (Å²) in [4.78, 5) is 33.1. The average Bonchev–Trinajstić information content (AvgIpc) is 2.35. The zero-order valence-electron chi connectivity index (χ0n) is 11.1. The minimum atomic E-state index is -1.33. The lowest BCUT2D eigenvalue weighted by Gasteiger charge is -2.13. The van der Waals surface area contributed by atoms with E-state index >= 15 is 0 Å². The Morgan fingerprint density at radius 3 is 2.60 bits per heavy atom. The summed E-state index contributed by atoms with van der Waals surface area (Å²) >= 11 is 0. The maximum Gasteiger partial charge on any atom is 0.326 e. The van der Waals surface area contributed by atoms with Crippen LogP contribution < -0.4 is 16.4 Å². The topological polar surface area (TPSA) is 122 Å². The summed E-state index contributed by atoms with van der Waals surface area (Å²) in [6.07, 6.45) is -0.451. The fourth-order valence-corrected chi connectivity index (χ4v) is 1.61. The van der Waals surface area contributed by atoms with Crippen molar-refractivity contribution in [3.63, 3.8) is 0 Å². The van der Waals surface area contributed by atoms with E-state index in [1.165, 1.54) is 0 Å². The van der Waals surface area contributed by atoms with Gasteiger partial charge >= 0.3 is 12.0 Å². The Balaban J connectivity index is 2.49. The second-order valence-electron chi connectivity index (χ2n) is 4.38. The van der Waals surface area contributed by atoms with Crippen LogP contribution in [0.25, 0.3) is 0 Å². The summed E-state index contributed by atoms with van der Waals surface area (Å²) in [6, 6.07) is 5.53. The van der Waals surface area contributed by atoms with Gasteiger partial charge in [0.05, 0.1) is 6.42 Å². The van der Waals surface area contributed by atoms with Crippen LogP contribution >= 0.6 is 0 Å². The lowest BCUT2D eigenvalue weighted by molar-refractivity contribution is -0.140.